The van der Waals surface area contributed by atoms with Gasteiger partial charge < -0.3 is 0 Å². The number of carbonyl (C=O) groups excluding carboxylic acids is 2. The molecule has 1 aliphatic rings. The highest BCUT2D eigenvalue weighted by atomic mass is 16.6. The van der Waals surface area contributed by atoms with E-state index >= 15 is 0 Å². The highest BCUT2D eigenvalue weighted by Crippen LogP contribution is 2.34. The van der Waals surface area contributed by atoms with Gasteiger partial charge in [0.05, 0.1) is 39.4 Å². The average Bonchev–Trinajstić information content (AvgIpc) is 3.22. The van der Waals surface area contributed by atoms with Crippen molar-refractivity contribution in [2.24, 2.45) is 0 Å². The van der Waals surface area contributed by atoms with E-state index in [1.165, 1.54) is 30.5 Å². The normalized spacial score (nSPS) is 13.1. The number of amides is 2. The minimum absolute atomic E-state index is 0.142. The number of imide groups is 1. The highest BCUT2D eigenvalue weighted by molar-refractivity contribution is 6.37. The Morgan fingerprint density at radius 3 is 2.55 bits per heavy atom. The van der Waals surface area contributed by atoms with Crippen LogP contribution in [-0.4, -0.2) is 31.5 Å². The summed E-state index contributed by atoms with van der Waals surface area (Å²) in [5.41, 5.74) is 2.42. The van der Waals surface area contributed by atoms with Crippen molar-refractivity contribution in [2.75, 3.05) is 4.90 Å². The third kappa shape index (κ3) is 2.86. The first-order valence-corrected chi connectivity index (χ1v) is 9.49. The van der Waals surface area contributed by atoms with Gasteiger partial charge >= 0.3 is 0 Å². The number of aromatic nitrogens is 3. The van der Waals surface area contributed by atoms with Gasteiger partial charge in [0.15, 0.2) is 5.65 Å². The molecule has 9 nitrogen and oxygen atoms in total. The molecule has 0 unspecified atom stereocenters. The number of benzene rings is 2. The lowest BCUT2D eigenvalue weighted by atomic mass is 10.1. The number of fused-ring (bicyclic) bond motifs is 3. The Morgan fingerprint density at radius 2 is 1.81 bits per heavy atom. The molecule has 0 aliphatic carbocycles. The van der Waals surface area contributed by atoms with Crippen LogP contribution in [0, 0.1) is 17.0 Å². The van der Waals surface area contributed by atoms with Crippen LogP contribution in [0.2, 0.25) is 0 Å². The van der Waals surface area contributed by atoms with Crippen LogP contribution in [-0.2, 0) is 6.54 Å². The van der Waals surface area contributed by atoms with E-state index in [1.54, 1.807) is 11.6 Å². The van der Waals surface area contributed by atoms with Crippen LogP contribution in [0.3, 0.4) is 0 Å². The van der Waals surface area contributed by atoms with Gasteiger partial charge in [0, 0.05) is 18.3 Å². The molecule has 2 aromatic heterocycles. The monoisotopic (exact) mass is 413 g/mol. The maximum absolute atomic E-state index is 13.3. The summed E-state index contributed by atoms with van der Waals surface area (Å²) in [6.45, 7) is 2.23. The van der Waals surface area contributed by atoms with Crippen LogP contribution in [0.5, 0.6) is 0 Å². The first kappa shape index (κ1) is 18.6. The number of nitrogens with zero attached hydrogens (tertiary/aromatic N) is 5. The zero-order valence-electron chi connectivity index (χ0n) is 16.3. The summed E-state index contributed by atoms with van der Waals surface area (Å²) in [6, 6.07) is 15.2. The molecule has 9 heteroatoms. The predicted molar refractivity (Wildman–Crippen MR) is 112 cm³/mol. The van der Waals surface area contributed by atoms with E-state index in [0.29, 0.717) is 23.3 Å². The summed E-state index contributed by atoms with van der Waals surface area (Å²) in [6.07, 6.45) is 1.37. The van der Waals surface area contributed by atoms with Gasteiger partial charge in [-0.3, -0.25) is 19.7 Å². The van der Waals surface area contributed by atoms with E-state index in [0.717, 1.165) is 10.5 Å². The maximum Gasteiger partial charge on any atom is 0.271 e. The van der Waals surface area contributed by atoms with E-state index in [-0.39, 0.29) is 22.5 Å². The van der Waals surface area contributed by atoms with Crippen LogP contribution in [0.1, 0.15) is 32.0 Å². The second-order valence-electron chi connectivity index (χ2n) is 7.20. The summed E-state index contributed by atoms with van der Waals surface area (Å²) in [7, 11) is 0. The van der Waals surface area contributed by atoms with E-state index in [4.69, 9.17) is 0 Å². The third-order valence-corrected chi connectivity index (χ3v) is 5.26. The van der Waals surface area contributed by atoms with Gasteiger partial charge in [-0.1, -0.05) is 36.4 Å². The van der Waals surface area contributed by atoms with Crippen molar-refractivity contribution in [3.8, 4) is 0 Å². The molecule has 0 fully saturated rings. The number of pyridine rings is 1. The van der Waals surface area contributed by atoms with Crippen molar-refractivity contribution in [2.45, 2.75) is 13.5 Å². The molecule has 31 heavy (non-hydrogen) atoms. The molecule has 152 valence electrons. The number of hydrogen-bond acceptors (Lipinski definition) is 6. The first-order chi connectivity index (χ1) is 15.0. The molecular formula is C22H15N5O4. The third-order valence-electron chi connectivity index (χ3n) is 5.26. The topological polar surface area (TPSA) is 111 Å². The number of anilines is 1. The number of aryl methyl sites for hydroxylation is 1. The van der Waals surface area contributed by atoms with Crippen molar-refractivity contribution in [3.05, 3.63) is 93.3 Å². The summed E-state index contributed by atoms with van der Waals surface area (Å²) < 4.78 is 1.70. The van der Waals surface area contributed by atoms with E-state index in [1.807, 2.05) is 30.3 Å². The first-order valence-electron chi connectivity index (χ1n) is 9.49. The number of nitro benzene ring substituents is 1. The lowest BCUT2D eigenvalue weighted by Crippen LogP contribution is -2.29. The summed E-state index contributed by atoms with van der Waals surface area (Å²) >= 11 is 0. The Morgan fingerprint density at radius 1 is 1.03 bits per heavy atom. The Labute approximate surface area is 175 Å². The average molecular weight is 413 g/mol. The molecule has 0 saturated carbocycles. The fraction of sp³-hybridized carbons (Fsp3) is 0.0909. The molecule has 2 amide bonds. The number of carbonyl (C=O) groups is 2. The smallest absolute Gasteiger partial charge is 0.268 e. The highest BCUT2D eigenvalue weighted by Gasteiger charge is 2.40. The summed E-state index contributed by atoms with van der Waals surface area (Å²) in [5.74, 6) is -1.11. The maximum atomic E-state index is 13.3. The zero-order chi connectivity index (χ0) is 21.7. The fourth-order valence-electron chi connectivity index (χ4n) is 3.87. The molecule has 0 N–H and O–H groups in total. The molecular weight excluding hydrogens is 398 g/mol. The molecule has 0 bridgehead atoms. The van der Waals surface area contributed by atoms with Gasteiger partial charge in [-0.25, -0.2) is 14.6 Å². The minimum Gasteiger partial charge on any atom is -0.268 e. The van der Waals surface area contributed by atoms with Gasteiger partial charge in [-0.15, -0.1) is 0 Å². The molecule has 4 aromatic rings. The lowest BCUT2D eigenvalue weighted by molar-refractivity contribution is -0.384. The van der Waals surface area contributed by atoms with E-state index < -0.39 is 16.7 Å². The number of nitro groups is 1. The van der Waals surface area contributed by atoms with Crippen LogP contribution in [0.15, 0.2) is 60.8 Å². The number of hydrogen-bond donors (Lipinski definition) is 0. The van der Waals surface area contributed by atoms with Crippen molar-refractivity contribution in [1.82, 2.24) is 14.8 Å². The Balaban J connectivity index is 1.62. The van der Waals surface area contributed by atoms with Crippen LogP contribution in [0.25, 0.3) is 11.0 Å². The van der Waals surface area contributed by atoms with Gasteiger partial charge in [0.2, 0.25) is 0 Å². The standard InChI is InChI=1S/C22H15N5O4/c1-13-18-19-17(11-23-20(18)25(24-13)12-14-6-3-2-4-7-14)21(28)26(22(19)29)15-8-5-9-16(10-15)27(30)31/h2-11H,12H2,1H3. The lowest BCUT2D eigenvalue weighted by Gasteiger charge is -2.13. The Kier molecular flexibility index (Phi) is 4.11. The summed E-state index contributed by atoms with van der Waals surface area (Å²) in [5, 5.41) is 16.2. The summed E-state index contributed by atoms with van der Waals surface area (Å²) in [4.78, 5) is 42.2. The molecule has 0 radical (unpaired) electrons. The quantitative estimate of drug-likeness (QED) is 0.288. The van der Waals surface area contributed by atoms with Crippen molar-refractivity contribution < 1.29 is 14.5 Å². The van der Waals surface area contributed by atoms with Crippen LogP contribution >= 0.6 is 0 Å². The molecule has 5 rings (SSSR count). The van der Waals surface area contributed by atoms with E-state index in [9.17, 15) is 19.7 Å². The molecule has 0 atom stereocenters. The van der Waals surface area contributed by atoms with Crippen LogP contribution in [0.4, 0.5) is 11.4 Å². The molecule has 0 spiro atoms. The Bertz CT molecular complexity index is 1390. The zero-order valence-corrected chi connectivity index (χ0v) is 16.3. The van der Waals surface area contributed by atoms with Crippen LogP contribution < -0.4 is 4.90 Å². The molecule has 0 saturated heterocycles. The van der Waals surface area contributed by atoms with E-state index in [2.05, 4.69) is 10.1 Å². The molecule has 1 aliphatic heterocycles. The van der Waals surface area contributed by atoms with Gasteiger partial charge in [-0.2, -0.15) is 5.10 Å². The van der Waals surface area contributed by atoms with Crippen molar-refractivity contribution in [1.29, 1.82) is 0 Å². The van der Waals surface area contributed by atoms with Crippen molar-refractivity contribution in [3.63, 3.8) is 0 Å². The number of rotatable bonds is 4. The molecule has 3 heterocycles. The molecule has 2 aromatic carbocycles. The SMILES string of the molecule is Cc1nn(Cc2ccccc2)c2ncc3c(c12)C(=O)N(c1cccc([N+](=O)[O-])c1)C3=O. The predicted octanol–water partition coefficient (Wildman–Crippen LogP) is 3.50. The fourth-order valence-corrected chi connectivity index (χ4v) is 3.87. The minimum atomic E-state index is -0.570. The van der Waals surface area contributed by atoms with Gasteiger partial charge in [-0.05, 0) is 18.6 Å². The number of non-ortho nitro benzene ring substituents is 1. The van der Waals surface area contributed by atoms with Gasteiger partial charge in [0.1, 0.15) is 0 Å². The Hall–Kier alpha value is -4.40. The van der Waals surface area contributed by atoms with Crippen molar-refractivity contribution >= 4 is 34.2 Å². The van der Waals surface area contributed by atoms with Gasteiger partial charge in [0.25, 0.3) is 17.5 Å². The largest absolute Gasteiger partial charge is 0.271 e. The second kappa shape index (κ2) is 6.84. The second-order valence-corrected chi connectivity index (χ2v) is 7.20.